The van der Waals surface area contributed by atoms with Crippen molar-refractivity contribution in [1.82, 2.24) is 5.32 Å². The maximum absolute atomic E-state index is 11.5. The molecule has 1 heterocycles. The highest BCUT2D eigenvalue weighted by Crippen LogP contribution is 2.27. The van der Waals surface area contributed by atoms with E-state index in [2.05, 4.69) is 10.6 Å². The van der Waals surface area contributed by atoms with Gasteiger partial charge in [0.2, 0.25) is 0 Å². The van der Waals surface area contributed by atoms with E-state index < -0.39 is 45.9 Å². The lowest BCUT2D eigenvalue weighted by Gasteiger charge is -2.16. The van der Waals surface area contributed by atoms with Crippen LogP contribution in [0.15, 0.2) is 21.9 Å². The summed E-state index contributed by atoms with van der Waals surface area (Å²) < 4.78 is 87.2. The summed E-state index contributed by atoms with van der Waals surface area (Å²) in [5, 5.41) is 5.18. The Morgan fingerprint density at radius 2 is 1.65 bits per heavy atom. The molecule has 0 amide bonds. The van der Waals surface area contributed by atoms with Crippen LogP contribution in [0.25, 0.3) is 0 Å². The standard InChI is InChI=1S/C12H16N2O8S4/c1-7-10(25(17,18)19)4-9(5-11(7)26(20,21)22)14-12(23)13-8-2-3-24(15,16)6-8/h4-5,8H,2-3,6H2,1H3,(H2,13,14,23)(H,17,18,19)(H,20,21,22). The molecular formula is C12H16N2O8S4. The quantitative estimate of drug-likeness (QED) is 0.363. The molecule has 14 heteroatoms. The Hall–Kier alpha value is -1.32. The van der Waals surface area contributed by atoms with E-state index in [1.807, 2.05) is 0 Å². The maximum atomic E-state index is 11.5. The molecule has 4 N–H and O–H groups in total. The molecule has 1 atom stereocenters. The van der Waals surface area contributed by atoms with E-state index in [0.29, 0.717) is 6.42 Å². The first-order valence-electron chi connectivity index (χ1n) is 7.06. The van der Waals surface area contributed by atoms with E-state index in [4.69, 9.17) is 12.2 Å². The van der Waals surface area contributed by atoms with Gasteiger partial charge in [-0.2, -0.15) is 16.8 Å². The second kappa shape index (κ2) is 7.01. The smallest absolute Gasteiger partial charge is 0.294 e. The highest BCUT2D eigenvalue weighted by atomic mass is 32.2. The first-order valence-corrected chi connectivity index (χ1v) is 12.2. The highest BCUT2D eigenvalue weighted by Gasteiger charge is 2.28. The van der Waals surface area contributed by atoms with Crippen LogP contribution in [-0.2, 0) is 30.1 Å². The number of hydrogen-bond donors (Lipinski definition) is 4. The number of hydrogen-bond acceptors (Lipinski definition) is 7. The van der Waals surface area contributed by atoms with Crippen molar-refractivity contribution in [2.24, 2.45) is 0 Å². The fourth-order valence-corrected chi connectivity index (χ4v) is 6.10. The second-order valence-corrected chi connectivity index (χ2v) is 11.2. The predicted molar refractivity (Wildman–Crippen MR) is 97.2 cm³/mol. The monoisotopic (exact) mass is 444 g/mol. The number of rotatable bonds is 4. The minimum Gasteiger partial charge on any atom is -0.359 e. The maximum Gasteiger partial charge on any atom is 0.294 e. The van der Waals surface area contributed by atoms with Gasteiger partial charge in [0.25, 0.3) is 20.2 Å². The van der Waals surface area contributed by atoms with Gasteiger partial charge in [0.15, 0.2) is 14.9 Å². The van der Waals surface area contributed by atoms with Crippen LogP contribution in [-0.4, -0.2) is 57.0 Å². The van der Waals surface area contributed by atoms with Crippen LogP contribution in [0, 0.1) is 6.92 Å². The average molecular weight is 445 g/mol. The van der Waals surface area contributed by atoms with Crippen LogP contribution in [0.2, 0.25) is 0 Å². The zero-order valence-electron chi connectivity index (χ0n) is 13.3. The second-order valence-electron chi connectivity index (χ2n) is 5.75. The summed E-state index contributed by atoms with van der Waals surface area (Å²) in [6.45, 7) is 1.11. The van der Waals surface area contributed by atoms with E-state index in [9.17, 15) is 34.4 Å². The Bertz CT molecular complexity index is 1010. The molecule has 0 saturated carbocycles. The summed E-state index contributed by atoms with van der Waals surface area (Å²) in [6, 6.07) is 1.45. The first-order chi connectivity index (χ1) is 11.7. The number of anilines is 1. The molecular weight excluding hydrogens is 428 g/mol. The number of benzene rings is 1. The van der Waals surface area contributed by atoms with Crippen LogP contribution in [0.4, 0.5) is 5.69 Å². The molecule has 1 fully saturated rings. The molecule has 1 aliphatic heterocycles. The van der Waals surface area contributed by atoms with Crippen LogP contribution in [0.3, 0.4) is 0 Å². The summed E-state index contributed by atoms with van der Waals surface area (Å²) in [5.74, 6) is -0.104. The largest absolute Gasteiger partial charge is 0.359 e. The molecule has 1 aromatic rings. The summed E-state index contributed by atoms with van der Waals surface area (Å²) in [7, 11) is -12.7. The van der Waals surface area contributed by atoms with Crippen LogP contribution in [0.5, 0.6) is 0 Å². The molecule has 1 unspecified atom stereocenters. The molecule has 0 radical (unpaired) electrons. The van der Waals surface area contributed by atoms with Crippen molar-refractivity contribution in [1.29, 1.82) is 0 Å². The summed E-state index contributed by atoms with van der Waals surface area (Å²) in [4.78, 5) is -1.44. The van der Waals surface area contributed by atoms with Gasteiger partial charge < -0.3 is 10.6 Å². The molecule has 1 aromatic carbocycles. The third-order valence-corrected chi connectivity index (χ3v) is 7.64. The zero-order valence-corrected chi connectivity index (χ0v) is 16.6. The zero-order chi connectivity index (χ0) is 19.9. The van der Waals surface area contributed by atoms with Gasteiger partial charge in [-0.25, -0.2) is 8.42 Å². The topological polar surface area (TPSA) is 167 Å². The van der Waals surface area contributed by atoms with E-state index in [0.717, 1.165) is 19.1 Å². The summed E-state index contributed by atoms with van der Waals surface area (Å²) >= 11 is 5.01. The van der Waals surface area contributed by atoms with Gasteiger partial charge in [-0.3, -0.25) is 9.11 Å². The van der Waals surface area contributed by atoms with Crippen molar-refractivity contribution in [3.8, 4) is 0 Å². The average Bonchev–Trinajstić information content (AvgIpc) is 2.77. The molecule has 0 spiro atoms. The minimum atomic E-state index is -4.77. The minimum absolute atomic E-state index is 0.0115. The SMILES string of the molecule is Cc1c(S(=O)(=O)O)cc(NC(=S)NC2CCS(=O)(=O)C2)cc1S(=O)(=O)O. The van der Waals surface area contributed by atoms with Crippen molar-refractivity contribution >= 4 is 53.1 Å². The third kappa shape index (κ3) is 5.11. The Labute approximate surface area is 156 Å². The Morgan fingerprint density at radius 3 is 2.04 bits per heavy atom. The van der Waals surface area contributed by atoms with Crippen molar-refractivity contribution in [2.45, 2.75) is 29.2 Å². The van der Waals surface area contributed by atoms with Crippen molar-refractivity contribution in [2.75, 3.05) is 16.8 Å². The lowest BCUT2D eigenvalue weighted by atomic mass is 10.2. The number of thiocarbonyl (C=S) groups is 1. The van der Waals surface area contributed by atoms with E-state index >= 15 is 0 Å². The van der Waals surface area contributed by atoms with Crippen LogP contribution < -0.4 is 10.6 Å². The van der Waals surface area contributed by atoms with Crippen molar-refractivity contribution < 1.29 is 34.4 Å². The Morgan fingerprint density at radius 1 is 1.15 bits per heavy atom. The van der Waals surface area contributed by atoms with Gasteiger partial charge in [-0.1, -0.05) is 0 Å². The van der Waals surface area contributed by atoms with Crippen molar-refractivity contribution in [3.05, 3.63) is 17.7 Å². The van der Waals surface area contributed by atoms with Crippen molar-refractivity contribution in [3.63, 3.8) is 0 Å². The van der Waals surface area contributed by atoms with Gasteiger partial charge >= 0.3 is 0 Å². The molecule has 10 nitrogen and oxygen atoms in total. The lowest BCUT2D eigenvalue weighted by molar-refractivity contribution is 0.479. The van der Waals surface area contributed by atoms with Gasteiger partial charge in [-0.15, -0.1) is 0 Å². The fraction of sp³-hybridized carbons (Fsp3) is 0.417. The predicted octanol–water partition coefficient (Wildman–Crippen LogP) is -0.0381. The van der Waals surface area contributed by atoms with E-state index in [1.165, 1.54) is 0 Å². The van der Waals surface area contributed by atoms with Gasteiger partial charge in [0, 0.05) is 11.7 Å². The Balaban J connectivity index is 2.33. The lowest BCUT2D eigenvalue weighted by Crippen LogP contribution is -2.38. The Kier molecular flexibility index (Phi) is 5.66. The molecule has 0 aromatic heterocycles. The summed E-state index contributed by atoms with van der Waals surface area (Å²) in [6.07, 6.45) is 0.338. The number of sulfone groups is 1. The molecule has 2 rings (SSSR count). The highest BCUT2D eigenvalue weighted by molar-refractivity contribution is 7.91. The molecule has 0 bridgehead atoms. The normalized spacial score (nSPS) is 19.9. The van der Waals surface area contributed by atoms with Gasteiger partial charge in [0.05, 0.1) is 11.5 Å². The van der Waals surface area contributed by atoms with E-state index in [-0.39, 0.29) is 27.9 Å². The number of nitrogens with one attached hydrogen (secondary N) is 2. The van der Waals surface area contributed by atoms with Gasteiger partial charge in [0.1, 0.15) is 9.79 Å². The molecule has 0 aliphatic carbocycles. The van der Waals surface area contributed by atoms with E-state index in [1.54, 1.807) is 0 Å². The molecule has 1 saturated heterocycles. The molecule has 26 heavy (non-hydrogen) atoms. The van der Waals surface area contributed by atoms with Crippen LogP contribution >= 0.6 is 12.2 Å². The molecule has 1 aliphatic rings. The fourth-order valence-electron chi connectivity index (χ4n) is 2.53. The first kappa shape index (κ1) is 21.0. The van der Waals surface area contributed by atoms with Gasteiger partial charge in [-0.05, 0) is 43.3 Å². The third-order valence-electron chi connectivity index (χ3n) is 3.69. The molecule has 146 valence electrons. The van der Waals surface area contributed by atoms with Crippen LogP contribution in [0.1, 0.15) is 12.0 Å². The summed E-state index contributed by atoms with van der Waals surface area (Å²) in [5.41, 5.74) is -0.490.